The number of nitrogens with zero attached hydrogens (tertiary/aromatic N) is 1. The summed E-state index contributed by atoms with van der Waals surface area (Å²) in [7, 11) is 0. The second-order valence-electron chi connectivity index (χ2n) is 8.94. The fourth-order valence-electron chi connectivity index (χ4n) is 5.17. The molecule has 0 radical (unpaired) electrons. The van der Waals surface area contributed by atoms with Crippen molar-refractivity contribution in [3.63, 3.8) is 0 Å². The Hall–Kier alpha value is -1.95. The van der Waals surface area contributed by atoms with Gasteiger partial charge in [-0.15, -0.1) is 0 Å². The van der Waals surface area contributed by atoms with Crippen LogP contribution in [-0.4, -0.2) is 11.9 Å². The molecule has 2 aliphatic carbocycles. The van der Waals surface area contributed by atoms with Crippen LogP contribution in [0.5, 0.6) is 0 Å². The lowest BCUT2D eigenvalue weighted by atomic mass is 9.75. The van der Waals surface area contributed by atoms with Crippen LogP contribution in [0.1, 0.15) is 82.3 Å². The lowest BCUT2D eigenvalue weighted by Gasteiger charge is -2.29. The number of alkyl halides is 1. The van der Waals surface area contributed by atoms with Gasteiger partial charge in [0.2, 0.25) is 0 Å². The van der Waals surface area contributed by atoms with Crippen LogP contribution in [0.3, 0.4) is 0 Å². The molecule has 1 aromatic rings. The molecular weight excluding hydrogens is 347 g/mol. The standard InChI is InChI=1S/C25H33FN2/c1-3-6-23(26)13-18(2)7-4-10-24(28)20-11-12-25(16-22(25)15-20)21-9-5-8-19(14-21)17-27/h5,8-9,14,20,22-23,28H,2-4,6-7,10-13,15-16H2,1H3/t20?,22?,23?,25-/m1/s1. The lowest BCUT2D eigenvalue weighted by molar-refractivity contribution is 0.307. The quantitative estimate of drug-likeness (QED) is 0.348. The van der Waals surface area contributed by atoms with E-state index in [4.69, 9.17) is 10.7 Å². The summed E-state index contributed by atoms with van der Waals surface area (Å²) in [6, 6.07) is 10.4. The number of benzene rings is 1. The number of allylic oxidation sites excluding steroid dienone is 1. The summed E-state index contributed by atoms with van der Waals surface area (Å²) >= 11 is 0. The van der Waals surface area contributed by atoms with Crippen LogP contribution in [-0.2, 0) is 5.41 Å². The summed E-state index contributed by atoms with van der Waals surface area (Å²) in [6.45, 7) is 6.04. The van der Waals surface area contributed by atoms with Gasteiger partial charge in [-0.05, 0) is 92.7 Å². The van der Waals surface area contributed by atoms with Crippen LogP contribution in [0.2, 0.25) is 0 Å². The van der Waals surface area contributed by atoms with E-state index >= 15 is 0 Å². The molecule has 2 saturated carbocycles. The molecule has 2 nitrogen and oxygen atoms in total. The molecule has 0 aromatic heterocycles. The Balaban J connectivity index is 1.43. The molecule has 3 unspecified atom stereocenters. The lowest BCUT2D eigenvalue weighted by Crippen LogP contribution is -2.25. The molecule has 0 bridgehead atoms. The average Bonchev–Trinajstić information content (AvgIpc) is 3.43. The third kappa shape index (κ3) is 4.72. The molecule has 150 valence electrons. The number of rotatable bonds is 10. The van der Waals surface area contributed by atoms with Gasteiger partial charge in [-0.25, -0.2) is 4.39 Å². The maximum absolute atomic E-state index is 13.7. The fraction of sp³-hybridized carbons (Fsp3) is 0.600. The topological polar surface area (TPSA) is 47.6 Å². The fourth-order valence-corrected chi connectivity index (χ4v) is 5.17. The average molecular weight is 381 g/mol. The van der Waals surface area contributed by atoms with Crippen LogP contribution in [0.25, 0.3) is 0 Å². The Morgan fingerprint density at radius 1 is 1.43 bits per heavy atom. The van der Waals surface area contributed by atoms with Crippen LogP contribution in [0, 0.1) is 28.6 Å². The van der Waals surface area contributed by atoms with Crippen molar-refractivity contribution < 1.29 is 4.39 Å². The normalized spacial score (nSPS) is 26.8. The highest BCUT2D eigenvalue weighted by Crippen LogP contribution is 2.63. The van der Waals surface area contributed by atoms with Crippen molar-refractivity contribution in [2.24, 2.45) is 11.8 Å². The number of hydrogen-bond acceptors (Lipinski definition) is 2. The van der Waals surface area contributed by atoms with E-state index in [0.717, 1.165) is 61.8 Å². The molecule has 0 amide bonds. The molecule has 2 aliphatic rings. The van der Waals surface area contributed by atoms with Gasteiger partial charge in [-0.1, -0.05) is 37.6 Å². The van der Waals surface area contributed by atoms with Gasteiger partial charge < -0.3 is 5.41 Å². The minimum atomic E-state index is -0.752. The van der Waals surface area contributed by atoms with Gasteiger partial charge in [0.15, 0.2) is 0 Å². The maximum Gasteiger partial charge on any atom is 0.104 e. The van der Waals surface area contributed by atoms with Crippen LogP contribution >= 0.6 is 0 Å². The number of nitriles is 1. The second kappa shape index (κ2) is 9.03. The van der Waals surface area contributed by atoms with E-state index in [9.17, 15) is 4.39 Å². The Bertz CT molecular complexity index is 762. The summed E-state index contributed by atoms with van der Waals surface area (Å²) in [4.78, 5) is 0. The van der Waals surface area contributed by atoms with E-state index < -0.39 is 6.17 Å². The molecule has 0 spiro atoms. The summed E-state index contributed by atoms with van der Waals surface area (Å²) in [6.07, 6.45) is 8.34. The van der Waals surface area contributed by atoms with Crippen molar-refractivity contribution >= 4 is 5.71 Å². The molecule has 0 saturated heterocycles. The summed E-state index contributed by atoms with van der Waals surface area (Å²) in [5.74, 6) is 1.07. The molecule has 1 N–H and O–H groups in total. The summed E-state index contributed by atoms with van der Waals surface area (Å²) < 4.78 is 13.7. The van der Waals surface area contributed by atoms with Crippen molar-refractivity contribution in [2.45, 2.75) is 82.7 Å². The molecule has 4 atom stereocenters. The van der Waals surface area contributed by atoms with Crippen molar-refractivity contribution in [1.82, 2.24) is 0 Å². The first kappa shape index (κ1) is 20.8. The number of fused-ring (bicyclic) bond motifs is 1. The third-order valence-electron chi connectivity index (χ3n) is 6.89. The van der Waals surface area contributed by atoms with Crippen molar-refractivity contribution in [2.75, 3.05) is 0 Å². The second-order valence-corrected chi connectivity index (χ2v) is 8.94. The van der Waals surface area contributed by atoms with Crippen molar-refractivity contribution in [3.8, 4) is 6.07 Å². The molecule has 3 heteroatoms. The summed E-state index contributed by atoms with van der Waals surface area (Å²) in [5.41, 5.74) is 4.22. The van der Waals surface area contributed by atoms with Gasteiger partial charge in [0.25, 0.3) is 0 Å². The minimum absolute atomic E-state index is 0.271. The van der Waals surface area contributed by atoms with Crippen molar-refractivity contribution in [1.29, 1.82) is 10.7 Å². The zero-order valence-electron chi connectivity index (χ0n) is 17.1. The van der Waals surface area contributed by atoms with Crippen molar-refractivity contribution in [3.05, 3.63) is 47.5 Å². The number of nitrogens with one attached hydrogen (secondary N) is 1. The smallest absolute Gasteiger partial charge is 0.104 e. The Kier molecular flexibility index (Phi) is 6.70. The van der Waals surface area contributed by atoms with E-state index in [1.165, 1.54) is 12.0 Å². The van der Waals surface area contributed by atoms with E-state index in [-0.39, 0.29) is 5.41 Å². The predicted molar refractivity (Wildman–Crippen MR) is 113 cm³/mol. The third-order valence-corrected chi connectivity index (χ3v) is 6.89. The Labute approximate surface area is 169 Å². The SMILES string of the molecule is C=C(CCCC(=N)C1CC[C@]2(c3cccc(C#N)c3)CC2C1)CC(F)CCC. The van der Waals surface area contributed by atoms with Gasteiger partial charge in [0, 0.05) is 5.71 Å². The van der Waals surface area contributed by atoms with Gasteiger partial charge in [0.1, 0.15) is 6.17 Å². The Morgan fingerprint density at radius 3 is 2.96 bits per heavy atom. The van der Waals surface area contributed by atoms with Gasteiger partial charge in [0.05, 0.1) is 11.6 Å². The van der Waals surface area contributed by atoms with Gasteiger partial charge >= 0.3 is 0 Å². The molecule has 2 fully saturated rings. The molecule has 0 heterocycles. The predicted octanol–water partition coefficient (Wildman–Crippen LogP) is 6.89. The van der Waals surface area contributed by atoms with Crippen LogP contribution in [0.4, 0.5) is 4.39 Å². The Morgan fingerprint density at radius 2 is 2.25 bits per heavy atom. The van der Waals surface area contributed by atoms with Crippen LogP contribution < -0.4 is 0 Å². The highest BCUT2D eigenvalue weighted by atomic mass is 19.1. The van der Waals surface area contributed by atoms with E-state index in [2.05, 4.69) is 24.8 Å². The zero-order chi connectivity index (χ0) is 20.1. The molecule has 3 rings (SSSR count). The number of halogens is 1. The van der Waals surface area contributed by atoms with Gasteiger partial charge in [-0.2, -0.15) is 5.26 Å². The largest absolute Gasteiger partial charge is 0.309 e. The first-order valence-corrected chi connectivity index (χ1v) is 10.9. The molecule has 0 aliphatic heterocycles. The molecular formula is C25H33FN2. The minimum Gasteiger partial charge on any atom is -0.309 e. The van der Waals surface area contributed by atoms with E-state index in [1.54, 1.807) is 0 Å². The first-order chi connectivity index (χ1) is 13.5. The van der Waals surface area contributed by atoms with Crippen LogP contribution in [0.15, 0.2) is 36.4 Å². The zero-order valence-corrected chi connectivity index (χ0v) is 17.1. The van der Waals surface area contributed by atoms with Gasteiger partial charge in [-0.3, -0.25) is 0 Å². The first-order valence-electron chi connectivity index (χ1n) is 10.9. The number of hydrogen-bond donors (Lipinski definition) is 1. The maximum atomic E-state index is 13.7. The molecule has 28 heavy (non-hydrogen) atoms. The van der Waals surface area contributed by atoms with E-state index in [0.29, 0.717) is 24.7 Å². The highest BCUT2D eigenvalue weighted by molar-refractivity contribution is 5.84. The van der Waals surface area contributed by atoms with E-state index in [1.807, 2.05) is 19.1 Å². The highest BCUT2D eigenvalue weighted by Gasteiger charge is 2.57. The monoisotopic (exact) mass is 380 g/mol. The summed E-state index contributed by atoms with van der Waals surface area (Å²) in [5, 5.41) is 17.7. The molecule has 1 aromatic carbocycles.